The third kappa shape index (κ3) is 6.28. The highest BCUT2D eigenvalue weighted by Gasteiger charge is 2.31. The van der Waals surface area contributed by atoms with Gasteiger partial charge in [-0.05, 0) is 43.7 Å². The summed E-state index contributed by atoms with van der Waals surface area (Å²) in [5.74, 6) is -0.911. The monoisotopic (exact) mass is 381 g/mol. The normalized spacial score (nSPS) is 12.2. The van der Waals surface area contributed by atoms with Crippen molar-refractivity contribution in [2.24, 2.45) is 0 Å². The van der Waals surface area contributed by atoms with Crippen LogP contribution < -0.4 is 15.4 Å². The van der Waals surface area contributed by atoms with Gasteiger partial charge in [0.2, 0.25) is 5.91 Å². The minimum atomic E-state index is -4.79. The number of aromatic nitrogens is 1. The summed E-state index contributed by atoms with van der Waals surface area (Å²) in [7, 11) is 0. The molecule has 0 aliphatic carbocycles. The van der Waals surface area contributed by atoms with Crippen molar-refractivity contribution in [3.05, 3.63) is 53.2 Å². The number of nitrogens with one attached hydrogen (secondary N) is 2. The van der Waals surface area contributed by atoms with E-state index in [-0.39, 0.29) is 23.0 Å². The molecule has 6 nitrogen and oxygen atoms in total. The lowest BCUT2D eigenvalue weighted by Crippen LogP contribution is -2.27. The predicted molar refractivity (Wildman–Crippen MR) is 92.3 cm³/mol. The molecule has 1 heterocycles. The molecule has 27 heavy (non-hydrogen) atoms. The second-order valence-corrected chi connectivity index (χ2v) is 5.88. The molecular formula is C18H18F3N3O3. The summed E-state index contributed by atoms with van der Waals surface area (Å²) in [6.07, 6.45) is -4.79. The van der Waals surface area contributed by atoms with E-state index in [0.29, 0.717) is 11.3 Å². The van der Waals surface area contributed by atoms with Gasteiger partial charge in [0.25, 0.3) is 5.91 Å². The van der Waals surface area contributed by atoms with E-state index in [4.69, 9.17) is 0 Å². The van der Waals surface area contributed by atoms with Crippen LogP contribution in [0.25, 0.3) is 0 Å². The molecule has 0 bridgehead atoms. The Balaban J connectivity index is 2.15. The van der Waals surface area contributed by atoms with Crippen molar-refractivity contribution in [3.8, 4) is 5.75 Å². The number of anilines is 1. The van der Waals surface area contributed by atoms with Crippen molar-refractivity contribution in [1.82, 2.24) is 10.3 Å². The lowest BCUT2D eigenvalue weighted by molar-refractivity contribution is -0.274. The fourth-order valence-corrected chi connectivity index (χ4v) is 2.39. The molecule has 1 unspecified atom stereocenters. The fraction of sp³-hybridized carbons (Fsp3) is 0.278. The van der Waals surface area contributed by atoms with E-state index in [1.165, 1.54) is 37.3 Å². The van der Waals surface area contributed by atoms with Crippen LogP contribution in [-0.2, 0) is 4.79 Å². The summed E-state index contributed by atoms with van der Waals surface area (Å²) in [5.41, 5.74) is 1.23. The zero-order valence-corrected chi connectivity index (χ0v) is 14.8. The van der Waals surface area contributed by atoms with Gasteiger partial charge >= 0.3 is 6.36 Å². The Morgan fingerprint density at radius 3 is 2.52 bits per heavy atom. The molecule has 9 heteroatoms. The second kappa shape index (κ2) is 8.07. The minimum Gasteiger partial charge on any atom is -0.406 e. The zero-order valence-electron chi connectivity index (χ0n) is 14.8. The van der Waals surface area contributed by atoms with Crippen LogP contribution in [-0.4, -0.2) is 23.2 Å². The van der Waals surface area contributed by atoms with E-state index in [1.54, 1.807) is 19.9 Å². The lowest BCUT2D eigenvalue weighted by atomic mass is 10.1. The molecule has 0 fully saturated rings. The average Bonchev–Trinajstić information content (AvgIpc) is 2.52. The topological polar surface area (TPSA) is 80.3 Å². The molecule has 1 aromatic carbocycles. The number of aryl methyl sites for hydroxylation is 1. The van der Waals surface area contributed by atoms with Gasteiger partial charge in [-0.15, -0.1) is 13.2 Å². The number of halogens is 3. The molecule has 2 rings (SSSR count). The van der Waals surface area contributed by atoms with E-state index in [9.17, 15) is 22.8 Å². The molecule has 0 saturated heterocycles. The van der Waals surface area contributed by atoms with Gasteiger partial charge in [0.15, 0.2) is 0 Å². The van der Waals surface area contributed by atoms with Crippen LogP contribution in [0, 0.1) is 6.92 Å². The molecule has 0 spiro atoms. The molecular weight excluding hydrogens is 363 g/mol. The van der Waals surface area contributed by atoms with Crippen LogP contribution in [0.1, 0.15) is 41.5 Å². The highest BCUT2D eigenvalue weighted by atomic mass is 19.4. The van der Waals surface area contributed by atoms with E-state index >= 15 is 0 Å². The quantitative estimate of drug-likeness (QED) is 0.827. The number of carbonyl (C=O) groups excluding carboxylic acids is 2. The fourth-order valence-electron chi connectivity index (χ4n) is 2.39. The van der Waals surface area contributed by atoms with Gasteiger partial charge in [0.05, 0.1) is 6.04 Å². The maximum absolute atomic E-state index is 12.5. The van der Waals surface area contributed by atoms with Gasteiger partial charge in [0.1, 0.15) is 11.6 Å². The Hall–Kier alpha value is -3.10. The number of amides is 2. The molecule has 2 amide bonds. The van der Waals surface area contributed by atoms with E-state index in [0.717, 1.165) is 0 Å². The Kier molecular flexibility index (Phi) is 6.04. The molecule has 144 valence electrons. The van der Waals surface area contributed by atoms with Crippen molar-refractivity contribution < 1.29 is 27.5 Å². The van der Waals surface area contributed by atoms with Gasteiger partial charge in [-0.1, -0.05) is 12.1 Å². The number of hydrogen-bond donors (Lipinski definition) is 2. The molecule has 0 aliphatic heterocycles. The Morgan fingerprint density at radius 2 is 1.89 bits per heavy atom. The standard InChI is InChI=1S/C18H18F3N3O3/c1-10-7-14(9-16(22-10)24-12(3)25)17(26)23-11(2)13-5-4-6-15(8-13)27-18(19,20)21/h4-9,11H,1-3H3,(H,23,26)(H,22,24,25). The van der Waals surface area contributed by atoms with Crippen molar-refractivity contribution in [2.75, 3.05) is 5.32 Å². The smallest absolute Gasteiger partial charge is 0.406 e. The first-order valence-corrected chi connectivity index (χ1v) is 7.96. The number of ether oxygens (including phenoxy) is 1. The number of pyridine rings is 1. The van der Waals surface area contributed by atoms with E-state index in [1.807, 2.05) is 0 Å². The Morgan fingerprint density at radius 1 is 1.19 bits per heavy atom. The minimum absolute atomic E-state index is 0.237. The first-order valence-electron chi connectivity index (χ1n) is 7.96. The molecule has 0 saturated carbocycles. The molecule has 2 N–H and O–H groups in total. The number of rotatable bonds is 5. The summed E-state index contributed by atoms with van der Waals surface area (Å²) in [6.45, 7) is 4.62. The maximum atomic E-state index is 12.5. The number of benzene rings is 1. The van der Waals surface area contributed by atoms with Crippen LogP contribution in [0.15, 0.2) is 36.4 Å². The van der Waals surface area contributed by atoms with Crippen molar-refractivity contribution in [1.29, 1.82) is 0 Å². The lowest BCUT2D eigenvalue weighted by Gasteiger charge is -2.16. The van der Waals surface area contributed by atoms with Gasteiger partial charge in [0, 0.05) is 18.2 Å². The number of nitrogens with zero attached hydrogens (tertiary/aromatic N) is 1. The molecule has 0 radical (unpaired) electrons. The number of carbonyl (C=O) groups is 2. The molecule has 1 aromatic heterocycles. The second-order valence-electron chi connectivity index (χ2n) is 5.88. The highest BCUT2D eigenvalue weighted by Crippen LogP contribution is 2.25. The van der Waals surface area contributed by atoms with Gasteiger partial charge < -0.3 is 15.4 Å². The van der Waals surface area contributed by atoms with Crippen LogP contribution in [0.4, 0.5) is 19.0 Å². The third-order valence-electron chi connectivity index (χ3n) is 3.46. The molecule has 2 aromatic rings. The zero-order chi connectivity index (χ0) is 20.2. The summed E-state index contributed by atoms with van der Waals surface area (Å²) >= 11 is 0. The Labute approximate surface area is 153 Å². The van der Waals surface area contributed by atoms with E-state index in [2.05, 4.69) is 20.4 Å². The first kappa shape index (κ1) is 20.2. The van der Waals surface area contributed by atoms with Gasteiger partial charge in [-0.2, -0.15) is 0 Å². The van der Waals surface area contributed by atoms with E-state index < -0.39 is 18.3 Å². The molecule has 1 atom stereocenters. The van der Waals surface area contributed by atoms with Crippen LogP contribution >= 0.6 is 0 Å². The van der Waals surface area contributed by atoms with Crippen LogP contribution in [0.5, 0.6) is 5.75 Å². The summed E-state index contributed by atoms with van der Waals surface area (Å²) in [5, 5.41) is 5.20. The number of alkyl halides is 3. The SMILES string of the molecule is CC(=O)Nc1cc(C(=O)NC(C)c2cccc(OC(F)(F)F)c2)cc(C)n1. The Bertz CT molecular complexity index is 853. The largest absolute Gasteiger partial charge is 0.573 e. The van der Waals surface area contributed by atoms with Gasteiger partial charge in [-0.3, -0.25) is 9.59 Å². The van der Waals surface area contributed by atoms with Crippen molar-refractivity contribution in [2.45, 2.75) is 33.2 Å². The summed E-state index contributed by atoms with van der Waals surface area (Å²) in [6, 6.07) is 7.75. The summed E-state index contributed by atoms with van der Waals surface area (Å²) in [4.78, 5) is 27.7. The van der Waals surface area contributed by atoms with Crippen LogP contribution in [0.2, 0.25) is 0 Å². The number of hydrogen-bond acceptors (Lipinski definition) is 4. The molecule has 0 aliphatic rings. The first-order chi connectivity index (χ1) is 12.5. The van der Waals surface area contributed by atoms with Gasteiger partial charge in [-0.25, -0.2) is 4.98 Å². The van der Waals surface area contributed by atoms with Crippen LogP contribution in [0.3, 0.4) is 0 Å². The van der Waals surface area contributed by atoms with Crippen molar-refractivity contribution >= 4 is 17.6 Å². The third-order valence-corrected chi connectivity index (χ3v) is 3.46. The average molecular weight is 381 g/mol. The van der Waals surface area contributed by atoms with Crippen molar-refractivity contribution in [3.63, 3.8) is 0 Å². The summed E-state index contributed by atoms with van der Waals surface area (Å²) < 4.78 is 40.9. The predicted octanol–water partition coefficient (Wildman–Crippen LogP) is 3.74. The highest BCUT2D eigenvalue weighted by molar-refractivity contribution is 5.96. The maximum Gasteiger partial charge on any atom is 0.573 e.